The highest BCUT2D eigenvalue weighted by molar-refractivity contribution is 9.10. The number of carbonyl (C=O) groups excluding carboxylic acids is 2. The van der Waals surface area contributed by atoms with E-state index in [0.717, 1.165) is 15.8 Å². The monoisotopic (exact) mass is 412 g/mol. The van der Waals surface area contributed by atoms with Gasteiger partial charge in [0.1, 0.15) is 11.5 Å². The molecule has 2 amide bonds. The third-order valence-corrected chi connectivity index (χ3v) is 4.22. The van der Waals surface area contributed by atoms with Crippen LogP contribution < -0.4 is 10.6 Å². The van der Waals surface area contributed by atoms with Gasteiger partial charge in [-0.15, -0.1) is 0 Å². The lowest BCUT2D eigenvalue weighted by atomic mass is 10.2. The van der Waals surface area contributed by atoms with Crippen LogP contribution in [0.5, 0.6) is 0 Å². The van der Waals surface area contributed by atoms with E-state index in [2.05, 4.69) is 26.6 Å². The van der Waals surface area contributed by atoms with E-state index >= 15 is 0 Å². The SMILES string of the molecule is O=C(CNC(=O)c1ccccc1)NCc1ccc(-c2ccc(Br)cc2)o1. The van der Waals surface area contributed by atoms with Gasteiger partial charge in [0, 0.05) is 15.6 Å². The standard InChI is InChI=1S/C20H17BrN2O3/c21-16-8-6-14(7-9-16)18-11-10-17(26-18)12-22-19(24)13-23-20(25)15-4-2-1-3-5-15/h1-11H,12-13H2,(H,22,24)(H,23,25). The zero-order valence-electron chi connectivity index (χ0n) is 13.9. The highest BCUT2D eigenvalue weighted by atomic mass is 79.9. The largest absolute Gasteiger partial charge is 0.459 e. The van der Waals surface area contributed by atoms with Crippen molar-refractivity contribution in [3.8, 4) is 11.3 Å². The summed E-state index contributed by atoms with van der Waals surface area (Å²) < 4.78 is 6.74. The van der Waals surface area contributed by atoms with Crippen LogP contribution in [0.3, 0.4) is 0 Å². The first-order chi connectivity index (χ1) is 12.6. The highest BCUT2D eigenvalue weighted by Gasteiger charge is 2.09. The Morgan fingerprint density at radius 1 is 0.885 bits per heavy atom. The highest BCUT2D eigenvalue weighted by Crippen LogP contribution is 2.23. The van der Waals surface area contributed by atoms with Gasteiger partial charge in [-0.05, 0) is 36.4 Å². The Hall–Kier alpha value is -2.86. The van der Waals surface area contributed by atoms with E-state index in [9.17, 15) is 9.59 Å². The maximum absolute atomic E-state index is 11.9. The van der Waals surface area contributed by atoms with Gasteiger partial charge in [-0.25, -0.2) is 0 Å². The minimum absolute atomic E-state index is 0.0893. The second kappa shape index (κ2) is 8.49. The van der Waals surface area contributed by atoms with Crippen molar-refractivity contribution in [2.24, 2.45) is 0 Å². The molecule has 0 bridgehead atoms. The summed E-state index contributed by atoms with van der Waals surface area (Å²) in [6, 6.07) is 20.2. The molecule has 1 aromatic heterocycles. The smallest absolute Gasteiger partial charge is 0.251 e. The fraction of sp³-hybridized carbons (Fsp3) is 0.100. The molecule has 0 aliphatic heterocycles. The number of benzene rings is 2. The van der Waals surface area contributed by atoms with Crippen molar-refractivity contribution in [2.75, 3.05) is 6.54 Å². The van der Waals surface area contributed by atoms with E-state index in [-0.39, 0.29) is 24.9 Å². The number of rotatable bonds is 6. The summed E-state index contributed by atoms with van der Waals surface area (Å²) in [5, 5.41) is 5.31. The Morgan fingerprint density at radius 2 is 1.62 bits per heavy atom. The summed E-state index contributed by atoms with van der Waals surface area (Å²) in [5.74, 6) is 0.817. The zero-order valence-corrected chi connectivity index (χ0v) is 15.5. The summed E-state index contributed by atoms with van der Waals surface area (Å²) >= 11 is 3.40. The quantitative estimate of drug-likeness (QED) is 0.647. The lowest BCUT2D eigenvalue weighted by Crippen LogP contribution is -2.36. The second-order valence-corrected chi connectivity index (χ2v) is 6.51. The van der Waals surface area contributed by atoms with E-state index < -0.39 is 0 Å². The average molecular weight is 413 g/mol. The van der Waals surface area contributed by atoms with Crippen LogP contribution in [0.4, 0.5) is 0 Å². The maximum atomic E-state index is 11.9. The number of hydrogen-bond acceptors (Lipinski definition) is 3. The molecule has 0 radical (unpaired) electrons. The predicted octanol–water partition coefficient (Wildman–Crippen LogP) is 3.76. The van der Waals surface area contributed by atoms with E-state index in [1.165, 1.54) is 0 Å². The number of hydrogen-bond donors (Lipinski definition) is 2. The Kier molecular flexibility index (Phi) is 5.86. The summed E-state index contributed by atoms with van der Waals surface area (Å²) in [5.41, 5.74) is 1.48. The molecule has 0 saturated carbocycles. The van der Waals surface area contributed by atoms with Gasteiger partial charge < -0.3 is 15.1 Å². The molecule has 3 aromatic rings. The first-order valence-corrected chi connectivity index (χ1v) is 8.86. The first kappa shape index (κ1) is 17.9. The molecule has 6 heteroatoms. The Balaban J connectivity index is 1.47. The summed E-state index contributed by atoms with van der Waals surface area (Å²) in [6.45, 7) is 0.171. The molecule has 0 atom stereocenters. The van der Waals surface area contributed by atoms with E-state index in [4.69, 9.17) is 4.42 Å². The third-order valence-electron chi connectivity index (χ3n) is 3.70. The lowest BCUT2D eigenvalue weighted by molar-refractivity contribution is -0.120. The molecule has 0 spiro atoms. The summed E-state index contributed by atoms with van der Waals surface area (Å²) in [4.78, 5) is 23.8. The number of furan rings is 1. The van der Waals surface area contributed by atoms with Crippen LogP contribution in [0.15, 0.2) is 75.6 Å². The van der Waals surface area contributed by atoms with E-state index in [1.54, 1.807) is 24.3 Å². The van der Waals surface area contributed by atoms with Crippen LogP contribution in [0.25, 0.3) is 11.3 Å². The average Bonchev–Trinajstić information content (AvgIpc) is 3.14. The van der Waals surface area contributed by atoms with Gasteiger partial charge in [-0.2, -0.15) is 0 Å². The van der Waals surface area contributed by atoms with Gasteiger partial charge in [0.05, 0.1) is 13.1 Å². The van der Waals surface area contributed by atoms with Crippen LogP contribution in [0, 0.1) is 0 Å². The fourth-order valence-corrected chi connectivity index (χ4v) is 2.61. The van der Waals surface area contributed by atoms with Crippen LogP contribution >= 0.6 is 15.9 Å². The van der Waals surface area contributed by atoms with Gasteiger partial charge in [-0.1, -0.05) is 46.3 Å². The van der Waals surface area contributed by atoms with E-state index in [0.29, 0.717) is 11.3 Å². The minimum Gasteiger partial charge on any atom is -0.459 e. The molecule has 132 valence electrons. The molecule has 2 N–H and O–H groups in total. The van der Waals surface area contributed by atoms with Gasteiger partial charge in [0.2, 0.25) is 5.91 Å². The van der Waals surface area contributed by atoms with Crippen molar-refractivity contribution in [1.82, 2.24) is 10.6 Å². The summed E-state index contributed by atoms with van der Waals surface area (Å²) in [6.07, 6.45) is 0. The molecule has 0 fully saturated rings. The first-order valence-electron chi connectivity index (χ1n) is 8.06. The number of carbonyl (C=O) groups is 2. The number of amides is 2. The predicted molar refractivity (Wildman–Crippen MR) is 102 cm³/mol. The molecule has 0 aliphatic rings. The lowest BCUT2D eigenvalue weighted by Gasteiger charge is -2.06. The molecule has 0 aliphatic carbocycles. The Labute approximate surface area is 159 Å². The molecule has 0 unspecified atom stereocenters. The Bertz CT molecular complexity index is 889. The van der Waals surface area contributed by atoms with Crippen LogP contribution in [0.1, 0.15) is 16.1 Å². The molecule has 2 aromatic carbocycles. The normalized spacial score (nSPS) is 10.3. The number of halogens is 1. The molecule has 5 nitrogen and oxygen atoms in total. The minimum atomic E-state index is -0.282. The van der Waals surface area contributed by atoms with Gasteiger partial charge in [-0.3, -0.25) is 9.59 Å². The van der Waals surface area contributed by atoms with Crippen LogP contribution in [0.2, 0.25) is 0 Å². The van der Waals surface area contributed by atoms with Crippen LogP contribution in [-0.4, -0.2) is 18.4 Å². The van der Waals surface area contributed by atoms with E-state index in [1.807, 2.05) is 42.5 Å². The topological polar surface area (TPSA) is 71.3 Å². The van der Waals surface area contributed by atoms with Gasteiger partial charge >= 0.3 is 0 Å². The van der Waals surface area contributed by atoms with Crippen molar-refractivity contribution in [2.45, 2.75) is 6.54 Å². The summed E-state index contributed by atoms with van der Waals surface area (Å²) in [7, 11) is 0. The molecular weight excluding hydrogens is 396 g/mol. The van der Waals surface area contributed by atoms with Crippen molar-refractivity contribution < 1.29 is 14.0 Å². The molecule has 26 heavy (non-hydrogen) atoms. The third kappa shape index (κ3) is 4.83. The van der Waals surface area contributed by atoms with Crippen LogP contribution in [-0.2, 0) is 11.3 Å². The Morgan fingerprint density at radius 3 is 2.35 bits per heavy atom. The zero-order chi connectivity index (χ0) is 18.4. The van der Waals surface area contributed by atoms with Gasteiger partial charge in [0.15, 0.2) is 0 Å². The number of nitrogens with one attached hydrogen (secondary N) is 2. The van der Waals surface area contributed by atoms with Crippen molar-refractivity contribution in [3.05, 3.63) is 82.5 Å². The maximum Gasteiger partial charge on any atom is 0.251 e. The van der Waals surface area contributed by atoms with Crippen molar-refractivity contribution >= 4 is 27.7 Å². The molecule has 1 heterocycles. The molecular formula is C20H17BrN2O3. The molecule has 3 rings (SSSR count). The van der Waals surface area contributed by atoms with Crippen molar-refractivity contribution in [1.29, 1.82) is 0 Å². The second-order valence-electron chi connectivity index (χ2n) is 5.60. The van der Waals surface area contributed by atoms with Crippen molar-refractivity contribution in [3.63, 3.8) is 0 Å². The van der Waals surface area contributed by atoms with Gasteiger partial charge in [0.25, 0.3) is 5.91 Å². The fourth-order valence-electron chi connectivity index (χ4n) is 2.34. The molecule has 0 saturated heterocycles.